The Morgan fingerprint density at radius 3 is 2.80 bits per heavy atom. The standard InChI is InChI=1S/C16H28ClN3/c1-3-15(4-2)20-10-9-14(19-20)12-18-16-8-6-5-7-13(16)11-17/h9-10,13,15-16,18H,3-8,11-12H2,1-2H3. The zero-order valence-electron chi connectivity index (χ0n) is 12.8. The molecule has 0 amide bonds. The second-order valence-electron chi connectivity index (χ2n) is 5.94. The predicted octanol–water partition coefficient (Wildman–Crippen LogP) is 4.13. The number of nitrogens with zero attached hydrogens (tertiary/aromatic N) is 2. The molecular weight excluding hydrogens is 270 g/mol. The van der Waals surface area contributed by atoms with Crippen LogP contribution in [-0.2, 0) is 6.54 Å². The summed E-state index contributed by atoms with van der Waals surface area (Å²) in [6.45, 7) is 5.31. The minimum atomic E-state index is 0.536. The van der Waals surface area contributed by atoms with Crippen LogP contribution in [0.2, 0.25) is 0 Å². The van der Waals surface area contributed by atoms with Gasteiger partial charge < -0.3 is 5.32 Å². The maximum atomic E-state index is 6.08. The lowest BCUT2D eigenvalue weighted by Gasteiger charge is -2.30. The maximum Gasteiger partial charge on any atom is 0.0762 e. The van der Waals surface area contributed by atoms with Gasteiger partial charge in [0.05, 0.1) is 11.7 Å². The SMILES string of the molecule is CCC(CC)n1ccc(CNC2CCCCC2CCl)n1. The monoisotopic (exact) mass is 297 g/mol. The zero-order chi connectivity index (χ0) is 14.4. The summed E-state index contributed by atoms with van der Waals surface area (Å²) in [4.78, 5) is 0. The van der Waals surface area contributed by atoms with Gasteiger partial charge >= 0.3 is 0 Å². The number of hydrogen-bond acceptors (Lipinski definition) is 2. The molecule has 114 valence electrons. The van der Waals surface area contributed by atoms with Crippen LogP contribution in [0, 0.1) is 5.92 Å². The normalized spacial score (nSPS) is 23.4. The Bertz CT molecular complexity index is 387. The molecule has 2 rings (SSSR count). The number of nitrogens with one attached hydrogen (secondary N) is 1. The molecule has 0 radical (unpaired) electrons. The molecule has 0 spiro atoms. The number of rotatable bonds is 7. The fraction of sp³-hybridized carbons (Fsp3) is 0.812. The van der Waals surface area contributed by atoms with Gasteiger partial charge in [0.2, 0.25) is 0 Å². The van der Waals surface area contributed by atoms with Crippen molar-refractivity contribution in [3.05, 3.63) is 18.0 Å². The highest BCUT2D eigenvalue weighted by Gasteiger charge is 2.23. The summed E-state index contributed by atoms with van der Waals surface area (Å²) in [5, 5.41) is 8.38. The van der Waals surface area contributed by atoms with Crippen molar-refractivity contribution in [2.75, 3.05) is 5.88 Å². The highest BCUT2D eigenvalue weighted by molar-refractivity contribution is 6.18. The highest BCUT2D eigenvalue weighted by Crippen LogP contribution is 2.25. The Labute approximate surface area is 128 Å². The smallest absolute Gasteiger partial charge is 0.0762 e. The largest absolute Gasteiger partial charge is 0.308 e. The van der Waals surface area contributed by atoms with Crippen molar-refractivity contribution >= 4 is 11.6 Å². The van der Waals surface area contributed by atoms with Gasteiger partial charge in [0, 0.05) is 24.7 Å². The third-order valence-electron chi connectivity index (χ3n) is 4.63. The van der Waals surface area contributed by atoms with Crippen LogP contribution in [0.25, 0.3) is 0 Å². The Kier molecular flexibility index (Phi) is 6.37. The Hall–Kier alpha value is -0.540. The van der Waals surface area contributed by atoms with Crippen molar-refractivity contribution < 1.29 is 0 Å². The van der Waals surface area contributed by atoms with Crippen LogP contribution in [-0.4, -0.2) is 21.7 Å². The molecule has 4 heteroatoms. The molecule has 0 aromatic carbocycles. The highest BCUT2D eigenvalue weighted by atomic mass is 35.5. The van der Waals surface area contributed by atoms with E-state index in [0.717, 1.165) is 31.0 Å². The van der Waals surface area contributed by atoms with Gasteiger partial charge in [-0.2, -0.15) is 5.10 Å². The van der Waals surface area contributed by atoms with E-state index in [0.29, 0.717) is 18.0 Å². The topological polar surface area (TPSA) is 29.9 Å². The van der Waals surface area contributed by atoms with Crippen LogP contribution < -0.4 is 5.32 Å². The lowest BCUT2D eigenvalue weighted by Crippen LogP contribution is -2.39. The third-order valence-corrected chi connectivity index (χ3v) is 5.03. The van der Waals surface area contributed by atoms with E-state index in [9.17, 15) is 0 Å². The Morgan fingerprint density at radius 1 is 1.35 bits per heavy atom. The van der Waals surface area contributed by atoms with Crippen molar-refractivity contribution in [1.29, 1.82) is 0 Å². The molecule has 0 saturated heterocycles. The van der Waals surface area contributed by atoms with E-state index in [4.69, 9.17) is 16.7 Å². The minimum Gasteiger partial charge on any atom is -0.308 e. The van der Waals surface area contributed by atoms with E-state index < -0.39 is 0 Å². The molecule has 1 aliphatic carbocycles. The van der Waals surface area contributed by atoms with Crippen LogP contribution in [0.15, 0.2) is 12.3 Å². The molecule has 1 fully saturated rings. The molecule has 0 bridgehead atoms. The first-order valence-electron chi connectivity index (χ1n) is 8.11. The molecule has 3 nitrogen and oxygen atoms in total. The van der Waals surface area contributed by atoms with Gasteiger partial charge in [-0.25, -0.2) is 0 Å². The first-order chi connectivity index (χ1) is 9.78. The van der Waals surface area contributed by atoms with Crippen LogP contribution in [0.1, 0.15) is 64.1 Å². The molecule has 1 N–H and O–H groups in total. The summed E-state index contributed by atoms with van der Waals surface area (Å²) >= 11 is 6.08. The van der Waals surface area contributed by atoms with Gasteiger partial charge in [-0.05, 0) is 37.7 Å². The third kappa shape index (κ3) is 3.98. The molecule has 1 aromatic heterocycles. The number of halogens is 1. The second kappa shape index (κ2) is 8.04. The summed E-state index contributed by atoms with van der Waals surface area (Å²) in [5.41, 5.74) is 1.15. The molecule has 2 unspecified atom stereocenters. The molecule has 1 saturated carbocycles. The van der Waals surface area contributed by atoms with Crippen molar-refractivity contribution in [3.8, 4) is 0 Å². The summed E-state index contributed by atoms with van der Waals surface area (Å²) in [5.74, 6) is 1.41. The van der Waals surface area contributed by atoms with Gasteiger partial charge in [0.15, 0.2) is 0 Å². The van der Waals surface area contributed by atoms with Crippen molar-refractivity contribution in [2.24, 2.45) is 5.92 Å². The van der Waals surface area contributed by atoms with E-state index in [2.05, 4.69) is 36.1 Å². The van der Waals surface area contributed by atoms with Gasteiger partial charge in [-0.3, -0.25) is 4.68 Å². The predicted molar refractivity (Wildman–Crippen MR) is 85.2 cm³/mol. The van der Waals surface area contributed by atoms with Gasteiger partial charge in [-0.15, -0.1) is 11.6 Å². The Balaban J connectivity index is 1.87. The van der Waals surface area contributed by atoms with E-state index in [-0.39, 0.29) is 0 Å². The van der Waals surface area contributed by atoms with Gasteiger partial charge in [0.1, 0.15) is 0 Å². The van der Waals surface area contributed by atoms with E-state index >= 15 is 0 Å². The summed E-state index contributed by atoms with van der Waals surface area (Å²) < 4.78 is 2.12. The summed E-state index contributed by atoms with van der Waals surface area (Å²) in [7, 11) is 0. The van der Waals surface area contributed by atoms with Crippen molar-refractivity contribution in [1.82, 2.24) is 15.1 Å². The van der Waals surface area contributed by atoms with Crippen LogP contribution >= 0.6 is 11.6 Å². The fourth-order valence-corrected chi connectivity index (χ4v) is 3.60. The van der Waals surface area contributed by atoms with E-state index in [1.807, 2.05) is 0 Å². The second-order valence-corrected chi connectivity index (χ2v) is 6.25. The van der Waals surface area contributed by atoms with Crippen LogP contribution in [0.5, 0.6) is 0 Å². The number of alkyl halides is 1. The molecule has 2 atom stereocenters. The molecule has 1 heterocycles. The van der Waals surface area contributed by atoms with Gasteiger partial charge in [0.25, 0.3) is 0 Å². The quantitative estimate of drug-likeness (QED) is 0.767. The van der Waals surface area contributed by atoms with Gasteiger partial charge in [-0.1, -0.05) is 26.7 Å². The average Bonchev–Trinajstić information content (AvgIpc) is 2.95. The average molecular weight is 298 g/mol. The molecule has 1 aliphatic rings. The molecule has 1 aromatic rings. The zero-order valence-corrected chi connectivity index (χ0v) is 13.6. The first kappa shape index (κ1) is 15.8. The van der Waals surface area contributed by atoms with E-state index in [1.165, 1.54) is 25.7 Å². The molecular formula is C16H28ClN3. The van der Waals surface area contributed by atoms with Crippen LogP contribution in [0.3, 0.4) is 0 Å². The summed E-state index contributed by atoms with van der Waals surface area (Å²) in [6, 6.07) is 3.25. The van der Waals surface area contributed by atoms with E-state index in [1.54, 1.807) is 0 Å². The lowest BCUT2D eigenvalue weighted by atomic mass is 9.86. The van der Waals surface area contributed by atoms with Crippen LogP contribution in [0.4, 0.5) is 0 Å². The number of aromatic nitrogens is 2. The fourth-order valence-electron chi connectivity index (χ4n) is 3.23. The van der Waals surface area contributed by atoms with Crippen molar-refractivity contribution in [2.45, 2.75) is 71.0 Å². The minimum absolute atomic E-state index is 0.536. The molecule has 20 heavy (non-hydrogen) atoms. The first-order valence-corrected chi connectivity index (χ1v) is 8.65. The lowest BCUT2D eigenvalue weighted by molar-refractivity contribution is 0.281. The maximum absolute atomic E-state index is 6.08. The number of hydrogen-bond donors (Lipinski definition) is 1. The summed E-state index contributed by atoms with van der Waals surface area (Å²) in [6.07, 6.45) is 9.58. The Morgan fingerprint density at radius 2 is 2.10 bits per heavy atom. The van der Waals surface area contributed by atoms with Crippen molar-refractivity contribution in [3.63, 3.8) is 0 Å². The molecule has 0 aliphatic heterocycles.